The molecule has 0 bridgehead atoms. The molecule has 7 nitrogen and oxygen atoms in total. The molecule has 3 aromatic carbocycles. The van der Waals surface area contributed by atoms with Crippen molar-refractivity contribution in [1.29, 1.82) is 0 Å². The summed E-state index contributed by atoms with van der Waals surface area (Å²) in [5.74, 6) is 1.74. The van der Waals surface area contributed by atoms with Crippen molar-refractivity contribution in [3.8, 4) is 17.2 Å². The van der Waals surface area contributed by atoms with Gasteiger partial charge in [-0.2, -0.15) is 0 Å². The van der Waals surface area contributed by atoms with Gasteiger partial charge < -0.3 is 23.5 Å². The summed E-state index contributed by atoms with van der Waals surface area (Å²) in [6.45, 7) is 2.61. The number of benzene rings is 3. The first-order valence-corrected chi connectivity index (χ1v) is 12.9. The summed E-state index contributed by atoms with van der Waals surface area (Å²) >= 11 is 2.19. The number of carbonyl (C=O) groups excluding carboxylic acids is 1. The molecule has 0 spiro atoms. The van der Waals surface area contributed by atoms with Gasteiger partial charge in [0.25, 0.3) is 5.91 Å². The predicted octanol–water partition coefficient (Wildman–Crippen LogP) is 5.54. The van der Waals surface area contributed by atoms with Crippen molar-refractivity contribution >= 4 is 39.5 Å². The average Bonchev–Trinajstić information content (AvgIpc) is 2.90. The lowest BCUT2D eigenvalue weighted by Gasteiger charge is -2.38. The first-order valence-electron chi connectivity index (χ1n) is 11.9. The molecule has 1 aliphatic heterocycles. The Labute approximate surface area is 228 Å². The standard InChI is InChI=1S/C29H26INO6/c1-17-12-28(32)37-25-14-19(8-9-20(17)25)36-16-24-22-15-27(35-3)26(34-2)13-18(22)10-11-31(24)29(33)21-6-4-5-7-23(21)30/h4-9,12-15,24H,10-11,16H2,1-3H3. The molecule has 2 heterocycles. The summed E-state index contributed by atoms with van der Waals surface area (Å²) in [7, 11) is 3.21. The summed E-state index contributed by atoms with van der Waals surface area (Å²) in [5, 5.41) is 0.849. The van der Waals surface area contributed by atoms with Crippen LogP contribution in [0.25, 0.3) is 11.0 Å². The maximum Gasteiger partial charge on any atom is 0.336 e. The lowest BCUT2D eigenvalue weighted by molar-refractivity contribution is 0.0588. The van der Waals surface area contributed by atoms with Crippen molar-refractivity contribution in [3.05, 3.63) is 96.9 Å². The van der Waals surface area contributed by atoms with Gasteiger partial charge in [0, 0.05) is 27.6 Å². The van der Waals surface area contributed by atoms with E-state index in [1.54, 1.807) is 20.3 Å². The van der Waals surface area contributed by atoms with Gasteiger partial charge in [-0.1, -0.05) is 12.1 Å². The summed E-state index contributed by atoms with van der Waals surface area (Å²) in [6.07, 6.45) is 0.682. The van der Waals surface area contributed by atoms with Gasteiger partial charge in [-0.15, -0.1) is 0 Å². The van der Waals surface area contributed by atoms with Crippen LogP contribution in [0.3, 0.4) is 0 Å². The number of ether oxygens (including phenoxy) is 3. The number of aryl methyl sites for hydroxylation is 1. The highest BCUT2D eigenvalue weighted by Crippen LogP contribution is 2.39. The zero-order valence-electron chi connectivity index (χ0n) is 20.7. The minimum absolute atomic E-state index is 0.0563. The zero-order chi connectivity index (χ0) is 26.1. The molecule has 0 saturated carbocycles. The number of methoxy groups -OCH3 is 2. The second kappa shape index (κ2) is 10.5. The largest absolute Gasteiger partial charge is 0.493 e. The molecule has 0 N–H and O–H groups in total. The highest BCUT2D eigenvalue weighted by Gasteiger charge is 2.34. The van der Waals surface area contributed by atoms with Crippen LogP contribution in [0.1, 0.15) is 33.1 Å². The van der Waals surface area contributed by atoms with E-state index in [0.29, 0.717) is 41.4 Å². The zero-order valence-corrected chi connectivity index (χ0v) is 22.9. The number of fused-ring (bicyclic) bond motifs is 2. The van der Waals surface area contributed by atoms with Crippen LogP contribution >= 0.6 is 22.6 Å². The summed E-state index contributed by atoms with van der Waals surface area (Å²) < 4.78 is 23.6. The van der Waals surface area contributed by atoms with Gasteiger partial charge in [0.05, 0.1) is 25.8 Å². The third-order valence-electron chi connectivity index (χ3n) is 6.70. The highest BCUT2D eigenvalue weighted by atomic mass is 127. The summed E-state index contributed by atoms with van der Waals surface area (Å²) in [4.78, 5) is 27.5. The molecule has 4 aromatic rings. The number of rotatable bonds is 6. The van der Waals surface area contributed by atoms with Crippen LogP contribution in [0.2, 0.25) is 0 Å². The van der Waals surface area contributed by atoms with E-state index in [9.17, 15) is 9.59 Å². The quantitative estimate of drug-likeness (QED) is 0.211. The SMILES string of the molecule is COc1cc2c(cc1OC)C(COc1ccc3c(C)cc(=O)oc3c1)N(C(=O)c1ccccc1I)CC2. The molecule has 0 fully saturated rings. The molecule has 0 aliphatic carbocycles. The minimum Gasteiger partial charge on any atom is -0.493 e. The second-order valence-corrected chi connectivity index (χ2v) is 10.0. The van der Waals surface area contributed by atoms with Gasteiger partial charge in [0.2, 0.25) is 0 Å². The smallest absolute Gasteiger partial charge is 0.336 e. The summed E-state index contributed by atoms with van der Waals surface area (Å²) in [6, 6.07) is 18.0. The summed E-state index contributed by atoms with van der Waals surface area (Å²) in [5.41, 5.74) is 3.59. The maximum atomic E-state index is 13.7. The molecule has 0 saturated heterocycles. The Morgan fingerprint density at radius 1 is 1.05 bits per heavy atom. The molecule has 37 heavy (non-hydrogen) atoms. The number of hydrogen-bond acceptors (Lipinski definition) is 6. The van der Waals surface area contributed by atoms with Crippen LogP contribution < -0.4 is 19.8 Å². The lowest BCUT2D eigenvalue weighted by atomic mass is 9.91. The third-order valence-corrected chi connectivity index (χ3v) is 7.64. The molecule has 8 heteroatoms. The Bertz CT molecular complexity index is 1550. The first-order chi connectivity index (χ1) is 17.9. The highest BCUT2D eigenvalue weighted by molar-refractivity contribution is 14.1. The van der Waals surface area contributed by atoms with Crippen molar-refractivity contribution in [3.63, 3.8) is 0 Å². The Kier molecular flexibility index (Phi) is 7.10. The molecule has 5 rings (SSSR count). The van der Waals surface area contributed by atoms with E-state index >= 15 is 0 Å². The van der Waals surface area contributed by atoms with Crippen molar-refractivity contribution in [2.75, 3.05) is 27.4 Å². The van der Waals surface area contributed by atoms with Gasteiger partial charge in [-0.25, -0.2) is 4.79 Å². The van der Waals surface area contributed by atoms with E-state index in [4.69, 9.17) is 18.6 Å². The molecule has 1 unspecified atom stereocenters. The molecule has 1 atom stereocenters. The van der Waals surface area contributed by atoms with Crippen LogP contribution in [0.4, 0.5) is 0 Å². The number of hydrogen-bond donors (Lipinski definition) is 0. The van der Waals surface area contributed by atoms with Gasteiger partial charge in [0.1, 0.15) is 17.9 Å². The molecule has 1 aromatic heterocycles. The number of nitrogens with zero attached hydrogens (tertiary/aromatic N) is 1. The van der Waals surface area contributed by atoms with Gasteiger partial charge >= 0.3 is 5.63 Å². The van der Waals surface area contributed by atoms with Gasteiger partial charge in [0.15, 0.2) is 11.5 Å². The maximum absolute atomic E-state index is 13.7. The molecule has 0 radical (unpaired) electrons. The van der Waals surface area contributed by atoms with Crippen molar-refractivity contribution in [1.82, 2.24) is 4.90 Å². The second-order valence-electron chi connectivity index (χ2n) is 8.87. The molecular weight excluding hydrogens is 585 g/mol. The fraction of sp³-hybridized carbons (Fsp3) is 0.241. The fourth-order valence-corrected chi connectivity index (χ4v) is 5.43. The van der Waals surface area contributed by atoms with Crippen molar-refractivity contribution < 1.29 is 23.4 Å². The van der Waals surface area contributed by atoms with Crippen LogP contribution in [0.15, 0.2) is 69.9 Å². The normalized spacial score (nSPS) is 14.8. The number of carbonyl (C=O) groups is 1. The first kappa shape index (κ1) is 25.1. The number of halogens is 1. The predicted molar refractivity (Wildman–Crippen MR) is 149 cm³/mol. The molecule has 1 aliphatic rings. The monoisotopic (exact) mass is 611 g/mol. The van der Waals surface area contributed by atoms with Crippen molar-refractivity contribution in [2.24, 2.45) is 0 Å². The third kappa shape index (κ3) is 4.90. The average molecular weight is 611 g/mol. The van der Waals surface area contributed by atoms with E-state index in [1.165, 1.54) is 6.07 Å². The Morgan fingerprint density at radius 2 is 1.81 bits per heavy atom. The Morgan fingerprint density at radius 3 is 2.57 bits per heavy atom. The molecule has 190 valence electrons. The van der Waals surface area contributed by atoms with E-state index in [-0.39, 0.29) is 18.6 Å². The van der Waals surface area contributed by atoms with Crippen LogP contribution in [0, 0.1) is 10.5 Å². The Hall–Kier alpha value is -3.53. The number of amides is 1. The van der Waals surface area contributed by atoms with E-state index in [2.05, 4.69) is 22.6 Å². The lowest BCUT2D eigenvalue weighted by Crippen LogP contribution is -2.42. The Balaban J connectivity index is 1.53. The molecule has 1 amide bonds. The van der Waals surface area contributed by atoms with Crippen LogP contribution in [-0.2, 0) is 6.42 Å². The van der Waals surface area contributed by atoms with Crippen LogP contribution in [-0.4, -0.2) is 38.2 Å². The minimum atomic E-state index is -0.404. The van der Waals surface area contributed by atoms with Crippen LogP contribution in [0.5, 0.6) is 17.2 Å². The molecular formula is C29H26INO6. The van der Waals surface area contributed by atoms with Gasteiger partial charge in [-0.3, -0.25) is 4.79 Å². The van der Waals surface area contributed by atoms with Crippen molar-refractivity contribution in [2.45, 2.75) is 19.4 Å². The van der Waals surface area contributed by atoms with Gasteiger partial charge in [-0.05, 0) is 89.0 Å². The topological polar surface area (TPSA) is 78.2 Å². The van der Waals surface area contributed by atoms with E-state index < -0.39 is 5.63 Å². The van der Waals surface area contributed by atoms with E-state index in [1.807, 2.05) is 60.4 Å². The van der Waals surface area contributed by atoms with E-state index in [0.717, 1.165) is 25.6 Å². The fourth-order valence-electron chi connectivity index (χ4n) is 4.81.